The van der Waals surface area contributed by atoms with Gasteiger partial charge in [0.15, 0.2) is 5.92 Å². The number of ether oxygens (including phenoxy) is 1. The summed E-state index contributed by atoms with van der Waals surface area (Å²) in [5.41, 5.74) is 1.22. The van der Waals surface area contributed by atoms with Crippen LogP contribution in [0.2, 0.25) is 0 Å². The lowest BCUT2D eigenvalue weighted by molar-refractivity contribution is -0.147. The smallest absolute Gasteiger partial charge is 0.323 e. The molecule has 0 fully saturated rings. The molecule has 0 spiro atoms. The third-order valence-electron chi connectivity index (χ3n) is 2.21. The zero-order valence-corrected chi connectivity index (χ0v) is 8.19. The quantitative estimate of drug-likeness (QED) is 0.570. The van der Waals surface area contributed by atoms with Crippen molar-refractivity contribution < 1.29 is 14.3 Å². The largest absolute Gasteiger partial charge is 0.465 e. The number of fused-ring (bicyclic) bond motifs is 1. The van der Waals surface area contributed by atoms with Gasteiger partial charge in [-0.2, -0.15) is 0 Å². The molecule has 1 aromatic rings. The van der Waals surface area contributed by atoms with Crippen LogP contribution in [0.15, 0.2) is 18.5 Å². The lowest BCUT2D eigenvalue weighted by Gasteiger charge is -2.06. The maximum atomic E-state index is 11.5. The van der Waals surface area contributed by atoms with E-state index in [0.717, 1.165) is 0 Å². The predicted molar refractivity (Wildman–Crippen MR) is 52.2 cm³/mol. The maximum absolute atomic E-state index is 11.5. The van der Waals surface area contributed by atoms with Crippen molar-refractivity contribution in [2.75, 3.05) is 11.9 Å². The molecule has 2 rings (SSSR count). The highest BCUT2D eigenvalue weighted by Crippen LogP contribution is 2.32. The Labute approximate surface area is 86.5 Å². The number of esters is 1. The molecule has 1 unspecified atom stereocenters. The van der Waals surface area contributed by atoms with Crippen molar-refractivity contribution in [1.29, 1.82) is 0 Å². The first kappa shape index (κ1) is 9.64. The Kier molecular flexibility index (Phi) is 2.37. The van der Waals surface area contributed by atoms with Gasteiger partial charge in [-0.15, -0.1) is 0 Å². The predicted octanol–water partition coefficient (Wildman–Crippen LogP) is 0.680. The van der Waals surface area contributed by atoms with Crippen LogP contribution in [-0.2, 0) is 14.3 Å². The van der Waals surface area contributed by atoms with Gasteiger partial charge < -0.3 is 10.1 Å². The van der Waals surface area contributed by atoms with E-state index in [-0.39, 0.29) is 12.5 Å². The normalized spacial score (nSPS) is 18.2. The van der Waals surface area contributed by atoms with Gasteiger partial charge in [-0.25, -0.2) is 0 Å². The Bertz CT molecular complexity index is 417. The van der Waals surface area contributed by atoms with Crippen LogP contribution in [0.1, 0.15) is 18.4 Å². The molecule has 1 amide bonds. The fraction of sp³-hybridized carbons (Fsp3) is 0.300. The third-order valence-corrected chi connectivity index (χ3v) is 2.21. The molecule has 1 atom stereocenters. The molecule has 5 heteroatoms. The van der Waals surface area contributed by atoms with E-state index in [0.29, 0.717) is 11.3 Å². The Balaban J connectivity index is 2.33. The molecule has 1 N–H and O–H groups in total. The third kappa shape index (κ3) is 1.56. The lowest BCUT2D eigenvalue weighted by Crippen LogP contribution is -2.22. The molecule has 2 heterocycles. The molecule has 1 aliphatic rings. The van der Waals surface area contributed by atoms with Crippen molar-refractivity contribution in [2.45, 2.75) is 12.8 Å². The number of anilines is 1. The van der Waals surface area contributed by atoms with E-state index >= 15 is 0 Å². The second-order valence-electron chi connectivity index (χ2n) is 3.14. The fourth-order valence-electron chi connectivity index (χ4n) is 1.57. The summed E-state index contributed by atoms with van der Waals surface area (Å²) < 4.78 is 4.83. The molecule has 0 radical (unpaired) electrons. The molecule has 0 bridgehead atoms. The second-order valence-corrected chi connectivity index (χ2v) is 3.14. The van der Waals surface area contributed by atoms with Crippen LogP contribution in [0, 0.1) is 0 Å². The fourth-order valence-corrected chi connectivity index (χ4v) is 1.57. The molecular formula is C10H10N2O3. The molecule has 0 saturated carbocycles. The number of nitrogens with one attached hydrogen (secondary N) is 1. The van der Waals surface area contributed by atoms with Crippen LogP contribution in [0.25, 0.3) is 0 Å². The van der Waals surface area contributed by atoms with Gasteiger partial charge in [-0.05, 0) is 13.0 Å². The minimum atomic E-state index is -0.844. The Morgan fingerprint density at radius 3 is 3.20 bits per heavy atom. The maximum Gasteiger partial charge on any atom is 0.323 e. The van der Waals surface area contributed by atoms with Gasteiger partial charge in [-0.3, -0.25) is 14.6 Å². The van der Waals surface area contributed by atoms with Gasteiger partial charge >= 0.3 is 5.97 Å². The summed E-state index contributed by atoms with van der Waals surface area (Å²) in [6.45, 7) is 1.97. The molecular weight excluding hydrogens is 196 g/mol. The Morgan fingerprint density at radius 1 is 1.67 bits per heavy atom. The number of hydrogen-bond donors (Lipinski definition) is 1. The van der Waals surface area contributed by atoms with Gasteiger partial charge in [0.1, 0.15) is 0 Å². The van der Waals surface area contributed by atoms with E-state index < -0.39 is 11.9 Å². The summed E-state index contributed by atoms with van der Waals surface area (Å²) in [4.78, 5) is 26.9. The van der Waals surface area contributed by atoms with E-state index in [1.807, 2.05) is 0 Å². The highest BCUT2D eigenvalue weighted by atomic mass is 16.5. The van der Waals surface area contributed by atoms with Crippen molar-refractivity contribution in [3.05, 3.63) is 24.0 Å². The summed E-state index contributed by atoms with van der Waals surface area (Å²) in [5.74, 6) is -1.71. The zero-order valence-electron chi connectivity index (χ0n) is 8.19. The lowest BCUT2D eigenvalue weighted by atomic mass is 10.0. The van der Waals surface area contributed by atoms with Crippen molar-refractivity contribution in [3.8, 4) is 0 Å². The highest BCUT2D eigenvalue weighted by Gasteiger charge is 2.37. The van der Waals surface area contributed by atoms with Gasteiger partial charge in [0.05, 0.1) is 18.5 Å². The first-order valence-corrected chi connectivity index (χ1v) is 4.65. The number of aromatic nitrogens is 1. The number of amides is 1. The number of hydrogen-bond acceptors (Lipinski definition) is 4. The first-order valence-electron chi connectivity index (χ1n) is 4.65. The molecule has 78 valence electrons. The first-order chi connectivity index (χ1) is 7.24. The summed E-state index contributed by atoms with van der Waals surface area (Å²) in [6.07, 6.45) is 3.07. The van der Waals surface area contributed by atoms with Crippen LogP contribution in [0.4, 0.5) is 5.69 Å². The number of carbonyl (C=O) groups excluding carboxylic acids is 2. The molecule has 1 aliphatic heterocycles. The molecule has 0 saturated heterocycles. The van der Waals surface area contributed by atoms with Crippen LogP contribution < -0.4 is 5.32 Å². The molecule has 0 aromatic carbocycles. The molecule has 1 aromatic heterocycles. The number of carbonyl (C=O) groups is 2. The summed E-state index contributed by atoms with van der Waals surface area (Å²) in [7, 11) is 0. The van der Waals surface area contributed by atoms with Crippen molar-refractivity contribution in [3.63, 3.8) is 0 Å². The van der Waals surface area contributed by atoms with E-state index in [1.54, 1.807) is 19.2 Å². The van der Waals surface area contributed by atoms with Gasteiger partial charge in [0.25, 0.3) is 0 Å². The monoisotopic (exact) mass is 206 g/mol. The minimum absolute atomic E-state index is 0.267. The molecule has 5 nitrogen and oxygen atoms in total. The Morgan fingerprint density at radius 2 is 2.47 bits per heavy atom. The van der Waals surface area contributed by atoms with E-state index in [1.165, 1.54) is 6.20 Å². The zero-order chi connectivity index (χ0) is 10.8. The molecule has 15 heavy (non-hydrogen) atoms. The van der Waals surface area contributed by atoms with Gasteiger partial charge in [0.2, 0.25) is 5.91 Å². The second kappa shape index (κ2) is 3.68. The standard InChI is InChI=1S/C10H10N2O3/c1-2-15-10(14)8-6-3-4-11-5-7(6)12-9(8)13/h3-5,8H,2H2,1H3,(H,12,13). The van der Waals surface area contributed by atoms with Crippen molar-refractivity contribution in [2.24, 2.45) is 0 Å². The van der Waals surface area contributed by atoms with Crippen LogP contribution >= 0.6 is 0 Å². The van der Waals surface area contributed by atoms with E-state index in [9.17, 15) is 9.59 Å². The Hall–Kier alpha value is -1.91. The summed E-state index contributed by atoms with van der Waals surface area (Å²) in [5, 5.41) is 2.58. The highest BCUT2D eigenvalue weighted by molar-refractivity contribution is 6.14. The number of rotatable bonds is 2. The number of nitrogens with zero attached hydrogens (tertiary/aromatic N) is 1. The van der Waals surface area contributed by atoms with Crippen LogP contribution in [0.3, 0.4) is 0 Å². The molecule has 0 aliphatic carbocycles. The van der Waals surface area contributed by atoms with Crippen molar-refractivity contribution in [1.82, 2.24) is 4.98 Å². The van der Waals surface area contributed by atoms with E-state index in [2.05, 4.69) is 10.3 Å². The summed E-state index contributed by atoms with van der Waals surface area (Å²) in [6, 6.07) is 1.65. The minimum Gasteiger partial charge on any atom is -0.465 e. The van der Waals surface area contributed by atoms with Gasteiger partial charge in [-0.1, -0.05) is 0 Å². The van der Waals surface area contributed by atoms with Gasteiger partial charge in [0, 0.05) is 11.8 Å². The SMILES string of the molecule is CCOC(=O)C1C(=O)Nc2cnccc21. The van der Waals surface area contributed by atoms with E-state index in [4.69, 9.17) is 4.74 Å². The summed E-state index contributed by atoms with van der Waals surface area (Å²) >= 11 is 0. The van der Waals surface area contributed by atoms with Crippen LogP contribution in [0.5, 0.6) is 0 Å². The number of pyridine rings is 1. The van der Waals surface area contributed by atoms with Crippen molar-refractivity contribution >= 4 is 17.6 Å². The van der Waals surface area contributed by atoms with Crippen LogP contribution in [-0.4, -0.2) is 23.5 Å². The average Bonchev–Trinajstić information content (AvgIpc) is 2.54. The topological polar surface area (TPSA) is 68.3 Å². The average molecular weight is 206 g/mol.